The molecule has 0 atom stereocenters. The van der Waals surface area contributed by atoms with Crippen LogP contribution in [0.1, 0.15) is 12.8 Å². The first-order valence-corrected chi connectivity index (χ1v) is 9.34. The van der Waals surface area contributed by atoms with Gasteiger partial charge in [0.15, 0.2) is 0 Å². The Kier molecular flexibility index (Phi) is 5.73. The number of hydrogen-bond donors (Lipinski definition) is 2. The van der Waals surface area contributed by atoms with E-state index in [4.69, 9.17) is 18.0 Å². The van der Waals surface area contributed by atoms with Crippen molar-refractivity contribution >= 4 is 43.2 Å². The van der Waals surface area contributed by atoms with E-state index in [0.717, 1.165) is 30.4 Å². The van der Waals surface area contributed by atoms with Gasteiger partial charge in [0.25, 0.3) is 0 Å². The fraction of sp³-hybridized carbons (Fsp3) is 0.462. The Labute approximate surface area is 139 Å². The van der Waals surface area contributed by atoms with E-state index in [1.165, 1.54) is 0 Å². The van der Waals surface area contributed by atoms with Crippen LogP contribution in [0, 0.1) is 0 Å². The second-order valence-corrected chi connectivity index (χ2v) is 8.25. The molecule has 0 bridgehead atoms. The monoisotopic (exact) mass is 391 g/mol. The molecule has 1 aromatic carbocycles. The van der Waals surface area contributed by atoms with Crippen LogP contribution in [0.3, 0.4) is 0 Å². The minimum Gasteiger partial charge on any atom is -0.392 e. The first-order valence-electron chi connectivity index (χ1n) is 6.65. The molecular weight excluding hydrogens is 374 g/mol. The van der Waals surface area contributed by atoms with E-state index in [1.54, 1.807) is 24.3 Å². The Morgan fingerprint density at radius 3 is 2.43 bits per heavy atom. The normalized spacial score (nSPS) is 17.8. The van der Waals surface area contributed by atoms with Gasteiger partial charge in [-0.3, -0.25) is 4.90 Å². The van der Waals surface area contributed by atoms with E-state index in [2.05, 4.69) is 25.6 Å². The number of nitrogens with zero attached hydrogens (tertiary/aromatic N) is 1. The van der Waals surface area contributed by atoms with Crippen LogP contribution in [0.5, 0.6) is 0 Å². The average molecular weight is 392 g/mol. The first-order chi connectivity index (χ1) is 9.87. The van der Waals surface area contributed by atoms with Crippen LogP contribution in [0.25, 0.3) is 0 Å². The molecule has 1 aliphatic rings. The molecule has 21 heavy (non-hydrogen) atoms. The number of nitrogens with two attached hydrogens (primary N) is 1. The fourth-order valence-corrected chi connectivity index (χ4v) is 4.08. The smallest absolute Gasteiger partial charge is 0.240 e. The van der Waals surface area contributed by atoms with E-state index < -0.39 is 10.0 Å². The lowest BCUT2D eigenvalue weighted by Gasteiger charge is -2.31. The van der Waals surface area contributed by atoms with Gasteiger partial charge in [-0.2, -0.15) is 0 Å². The summed E-state index contributed by atoms with van der Waals surface area (Å²) in [4.78, 5) is 2.91. The number of nitrogens with one attached hydrogen (secondary N) is 1. The van der Waals surface area contributed by atoms with Crippen LogP contribution in [0.15, 0.2) is 33.6 Å². The summed E-state index contributed by atoms with van der Waals surface area (Å²) in [5.41, 5.74) is 5.52. The SMILES string of the molecule is NC(=S)CN1CCC(NS(=O)(=O)c2ccc(Br)cc2)CC1. The average Bonchev–Trinajstić information content (AvgIpc) is 2.40. The quantitative estimate of drug-likeness (QED) is 0.743. The van der Waals surface area contributed by atoms with Gasteiger partial charge in [-0.25, -0.2) is 13.1 Å². The number of hydrogen-bond acceptors (Lipinski definition) is 4. The van der Waals surface area contributed by atoms with Crippen molar-refractivity contribution in [3.63, 3.8) is 0 Å². The summed E-state index contributed by atoms with van der Waals surface area (Å²) in [6, 6.07) is 6.59. The Morgan fingerprint density at radius 1 is 1.33 bits per heavy atom. The summed E-state index contributed by atoms with van der Waals surface area (Å²) in [7, 11) is -3.46. The number of piperidine rings is 1. The lowest BCUT2D eigenvalue weighted by atomic mass is 10.1. The van der Waals surface area contributed by atoms with Crippen molar-refractivity contribution < 1.29 is 8.42 Å². The molecular formula is C13H18BrN3O2S2. The van der Waals surface area contributed by atoms with Gasteiger partial charge in [0.1, 0.15) is 0 Å². The van der Waals surface area contributed by atoms with E-state index >= 15 is 0 Å². The predicted octanol–water partition coefficient (Wildman–Crippen LogP) is 1.48. The second-order valence-electron chi connectivity index (χ2n) is 5.09. The predicted molar refractivity (Wildman–Crippen MR) is 90.7 cm³/mol. The molecule has 8 heteroatoms. The van der Waals surface area contributed by atoms with Crippen LogP contribution < -0.4 is 10.5 Å². The van der Waals surface area contributed by atoms with Crippen molar-refractivity contribution in [2.24, 2.45) is 5.73 Å². The van der Waals surface area contributed by atoms with Crippen molar-refractivity contribution in [1.82, 2.24) is 9.62 Å². The minimum atomic E-state index is -3.46. The van der Waals surface area contributed by atoms with Gasteiger partial charge >= 0.3 is 0 Å². The lowest BCUT2D eigenvalue weighted by Crippen LogP contribution is -2.46. The number of likely N-dealkylation sites (tertiary alicyclic amines) is 1. The zero-order chi connectivity index (χ0) is 15.5. The number of halogens is 1. The van der Waals surface area contributed by atoms with Crippen LogP contribution in [-0.2, 0) is 10.0 Å². The summed E-state index contributed by atoms with van der Waals surface area (Å²) in [6.45, 7) is 2.19. The molecule has 0 unspecified atom stereocenters. The number of rotatable bonds is 5. The number of thiocarbonyl (C=S) groups is 1. The molecule has 116 valence electrons. The van der Waals surface area contributed by atoms with E-state index in [0.29, 0.717) is 11.5 Å². The number of benzene rings is 1. The van der Waals surface area contributed by atoms with Crippen LogP contribution in [0.4, 0.5) is 0 Å². The third-order valence-corrected chi connectivity index (χ3v) is 5.61. The largest absolute Gasteiger partial charge is 0.392 e. The molecule has 0 radical (unpaired) electrons. The highest BCUT2D eigenvalue weighted by Crippen LogP contribution is 2.17. The molecule has 1 heterocycles. The first kappa shape index (κ1) is 16.8. The lowest BCUT2D eigenvalue weighted by molar-refractivity contribution is 0.233. The third kappa shape index (κ3) is 5.00. The van der Waals surface area contributed by atoms with Crippen LogP contribution >= 0.6 is 28.1 Å². The van der Waals surface area contributed by atoms with Crippen LogP contribution in [-0.4, -0.2) is 44.0 Å². The van der Waals surface area contributed by atoms with Gasteiger partial charge in [0.05, 0.1) is 9.88 Å². The van der Waals surface area contributed by atoms with Gasteiger partial charge in [-0.1, -0.05) is 28.1 Å². The molecule has 1 aromatic rings. The summed E-state index contributed by atoms with van der Waals surface area (Å²) in [5.74, 6) is 0. The highest BCUT2D eigenvalue weighted by Gasteiger charge is 2.24. The Bertz CT molecular complexity index is 596. The standard InChI is InChI=1S/C13H18BrN3O2S2/c14-10-1-3-12(4-2-10)21(18,19)16-11-5-7-17(8-6-11)9-13(15)20/h1-4,11,16H,5-9H2,(H2,15,20). The molecule has 0 aliphatic carbocycles. The van der Waals surface area contributed by atoms with Crippen molar-refractivity contribution in [3.05, 3.63) is 28.7 Å². The van der Waals surface area contributed by atoms with Gasteiger partial charge in [0.2, 0.25) is 10.0 Å². The van der Waals surface area contributed by atoms with Gasteiger partial charge < -0.3 is 5.73 Å². The van der Waals surface area contributed by atoms with Crippen molar-refractivity contribution in [2.45, 2.75) is 23.8 Å². The topological polar surface area (TPSA) is 75.4 Å². The molecule has 0 aromatic heterocycles. The Hall–Kier alpha value is -0.540. The highest BCUT2D eigenvalue weighted by molar-refractivity contribution is 9.10. The zero-order valence-corrected chi connectivity index (χ0v) is 14.7. The maximum Gasteiger partial charge on any atom is 0.240 e. The van der Waals surface area contributed by atoms with Gasteiger partial charge in [-0.05, 0) is 37.1 Å². The third-order valence-electron chi connectivity index (χ3n) is 3.41. The maximum absolute atomic E-state index is 12.3. The second kappa shape index (κ2) is 7.15. The van der Waals surface area contributed by atoms with Crippen molar-refractivity contribution in [2.75, 3.05) is 19.6 Å². The van der Waals surface area contributed by atoms with E-state index in [9.17, 15) is 8.42 Å². The van der Waals surface area contributed by atoms with E-state index in [-0.39, 0.29) is 10.9 Å². The van der Waals surface area contributed by atoms with E-state index in [1.807, 2.05) is 0 Å². The molecule has 0 saturated carbocycles. The molecule has 1 aliphatic heterocycles. The molecule has 0 spiro atoms. The number of sulfonamides is 1. The van der Waals surface area contributed by atoms with Crippen molar-refractivity contribution in [1.29, 1.82) is 0 Å². The molecule has 0 amide bonds. The van der Waals surface area contributed by atoms with Crippen molar-refractivity contribution in [3.8, 4) is 0 Å². The Balaban J connectivity index is 1.93. The molecule has 1 saturated heterocycles. The fourth-order valence-electron chi connectivity index (χ4n) is 2.33. The molecule has 3 N–H and O–H groups in total. The highest BCUT2D eigenvalue weighted by atomic mass is 79.9. The zero-order valence-electron chi connectivity index (χ0n) is 11.5. The minimum absolute atomic E-state index is 0.0405. The van der Waals surface area contributed by atoms with Gasteiger partial charge in [-0.15, -0.1) is 0 Å². The molecule has 2 rings (SSSR count). The molecule has 1 fully saturated rings. The summed E-state index contributed by atoms with van der Waals surface area (Å²) < 4.78 is 28.2. The summed E-state index contributed by atoms with van der Waals surface area (Å²) in [6.07, 6.45) is 1.52. The molecule has 5 nitrogen and oxygen atoms in total. The summed E-state index contributed by atoms with van der Waals surface area (Å²) >= 11 is 8.18. The Morgan fingerprint density at radius 2 is 1.90 bits per heavy atom. The van der Waals surface area contributed by atoms with Gasteiger partial charge in [0, 0.05) is 30.1 Å². The summed E-state index contributed by atoms with van der Waals surface area (Å²) in [5, 5.41) is 0. The van der Waals surface area contributed by atoms with Crippen LogP contribution in [0.2, 0.25) is 0 Å². The maximum atomic E-state index is 12.3.